The van der Waals surface area contributed by atoms with Crippen molar-refractivity contribution in [3.05, 3.63) is 47.2 Å². The average molecular weight is 448 g/mol. The molecule has 31 heavy (non-hydrogen) atoms. The van der Waals surface area contributed by atoms with Crippen molar-refractivity contribution in [2.45, 2.75) is 45.3 Å². The zero-order valence-electron chi connectivity index (χ0n) is 17.7. The molecule has 1 aromatic carbocycles. The molecular weight excluding hydrogens is 422 g/mol. The molecule has 8 heteroatoms. The molecule has 0 spiro atoms. The Balaban J connectivity index is 1.60. The first-order chi connectivity index (χ1) is 14.8. The van der Waals surface area contributed by atoms with Gasteiger partial charge in [0.05, 0.1) is 13.0 Å². The van der Waals surface area contributed by atoms with Crippen LogP contribution in [0.4, 0.5) is 0 Å². The van der Waals surface area contributed by atoms with Gasteiger partial charge in [0.2, 0.25) is 0 Å². The lowest BCUT2D eigenvalue weighted by molar-refractivity contribution is -0.157. The van der Waals surface area contributed by atoms with Gasteiger partial charge in [0.25, 0.3) is 0 Å². The summed E-state index contributed by atoms with van der Waals surface area (Å²) in [6.45, 7) is 3.39. The van der Waals surface area contributed by atoms with Crippen LogP contribution in [0.5, 0.6) is 17.2 Å². The smallest absolute Gasteiger partial charge is 0.309 e. The van der Waals surface area contributed by atoms with Gasteiger partial charge in [-0.05, 0) is 43.9 Å². The van der Waals surface area contributed by atoms with Gasteiger partial charge in [0.1, 0.15) is 18.0 Å². The number of hydrogen-bond acceptors (Lipinski definition) is 7. The molecule has 0 unspecified atom stereocenters. The van der Waals surface area contributed by atoms with Gasteiger partial charge < -0.3 is 19.3 Å². The minimum Gasteiger partial charge on any atom is -0.503 e. The predicted molar refractivity (Wildman–Crippen MR) is 115 cm³/mol. The summed E-state index contributed by atoms with van der Waals surface area (Å²) >= 11 is 6.03. The first-order valence-corrected chi connectivity index (χ1v) is 10.6. The number of ketones is 1. The van der Waals surface area contributed by atoms with Gasteiger partial charge >= 0.3 is 5.97 Å². The zero-order chi connectivity index (χ0) is 22.5. The highest BCUT2D eigenvalue weighted by Gasteiger charge is 2.39. The Morgan fingerprint density at radius 3 is 2.65 bits per heavy atom. The molecule has 1 aliphatic rings. The molecule has 2 aromatic rings. The number of hydrogen-bond donors (Lipinski definition) is 1. The molecule has 3 atom stereocenters. The summed E-state index contributed by atoms with van der Waals surface area (Å²) in [4.78, 5) is 29.1. The van der Waals surface area contributed by atoms with E-state index < -0.39 is 23.8 Å². The number of aromatic nitrogens is 1. The Kier molecular flexibility index (Phi) is 7.38. The second kappa shape index (κ2) is 10.0. The first-order valence-electron chi connectivity index (χ1n) is 10.2. The quantitative estimate of drug-likeness (QED) is 0.424. The van der Waals surface area contributed by atoms with Crippen molar-refractivity contribution in [2.24, 2.45) is 11.8 Å². The second-order valence-electron chi connectivity index (χ2n) is 7.76. The van der Waals surface area contributed by atoms with Crippen LogP contribution in [-0.4, -0.2) is 41.2 Å². The highest BCUT2D eigenvalue weighted by Crippen LogP contribution is 2.38. The van der Waals surface area contributed by atoms with E-state index in [9.17, 15) is 14.7 Å². The van der Waals surface area contributed by atoms with Gasteiger partial charge in [-0.2, -0.15) is 0 Å². The number of aromatic hydroxyl groups is 1. The van der Waals surface area contributed by atoms with Gasteiger partial charge in [-0.1, -0.05) is 24.6 Å². The zero-order valence-corrected chi connectivity index (χ0v) is 18.5. The topological polar surface area (TPSA) is 95.0 Å². The molecule has 0 saturated heterocycles. The van der Waals surface area contributed by atoms with E-state index in [2.05, 4.69) is 4.98 Å². The molecule has 0 bridgehead atoms. The maximum atomic E-state index is 12.6. The number of Topliss-reactive ketones (excluding diaryl/α,β-unsaturated/α-hetero) is 1. The van der Waals surface area contributed by atoms with Crippen molar-refractivity contribution in [2.75, 3.05) is 7.11 Å². The van der Waals surface area contributed by atoms with Crippen molar-refractivity contribution < 1.29 is 28.9 Å². The Hall–Kier alpha value is -2.80. The maximum absolute atomic E-state index is 12.6. The average Bonchev–Trinajstić information content (AvgIpc) is 3.57. The summed E-state index contributed by atoms with van der Waals surface area (Å²) in [5.74, 6) is -0.966. The van der Waals surface area contributed by atoms with Crippen LogP contribution in [0, 0.1) is 11.8 Å². The number of carbonyl (C=O) groups excluding carboxylic acids is 2. The van der Waals surface area contributed by atoms with Gasteiger partial charge in [0.15, 0.2) is 23.0 Å². The SMILES string of the molecule is COc1ccnc(C(=O)C[C@@H](C)C(=O)O[C@@H](C)[C@H](Oc2cccc(Cl)c2)C2CC2)c1O. The minimum absolute atomic E-state index is 0.132. The van der Waals surface area contributed by atoms with E-state index in [4.69, 9.17) is 25.8 Å². The van der Waals surface area contributed by atoms with Crippen molar-refractivity contribution in [1.29, 1.82) is 0 Å². The van der Waals surface area contributed by atoms with Crippen LogP contribution in [0.2, 0.25) is 5.02 Å². The number of ether oxygens (including phenoxy) is 3. The Bertz CT molecular complexity index is 945. The molecule has 1 N–H and O–H groups in total. The third-order valence-electron chi connectivity index (χ3n) is 5.18. The van der Waals surface area contributed by atoms with Crippen LogP contribution >= 0.6 is 11.6 Å². The number of rotatable bonds is 10. The molecule has 0 amide bonds. The third-order valence-corrected chi connectivity index (χ3v) is 5.42. The number of nitrogens with zero attached hydrogens (tertiary/aromatic N) is 1. The van der Waals surface area contributed by atoms with Crippen LogP contribution < -0.4 is 9.47 Å². The summed E-state index contributed by atoms with van der Waals surface area (Å²) in [7, 11) is 1.38. The van der Waals surface area contributed by atoms with E-state index >= 15 is 0 Å². The summed E-state index contributed by atoms with van der Waals surface area (Å²) in [6.07, 6.45) is 2.42. The largest absolute Gasteiger partial charge is 0.503 e. The number of methoxy groups -OCH3 is 1. The Morgan fingerprint density at radius 2 is 2.00 bits per heavy atom. The summed E-state index contributed by atoms with van der Waals surface area (Å²) in [5, 5.41) is 10.7. The lowest BCUT2D eigenvalue weighted by Gasteiger charge is -2.26. The first kappa shape index (κ1) is 22.9. The number of halogens is 1. The number of esters is 1. The van der Waals surface area contributed by atoms with Crippen LogP contribution in [0.3, 0.4) is 0 Å². The maximum Gasteiger partial charge on any atom is 0.309 e. The molecule has 3 rings (SSSR count). The molecule has 1 saturated carbocycles. The van der Waals surface area contributed by atoms with Crippen LogP contribution in [0.1, 0.15) is 43.6 Å². The van der Waals surface area contributed by atoms with Crippen molar-refractivity contribution in [3.63, 3.8) is 0 Å². The van der Waals surface area contributed by atoms with E-state index in [-0.39, 0.29) is 29.7 Å². The van der Waals surface area contributed by atoms with Gasteiger partial charge in [0, 0.05) is 23.7 Å². The third kappa shape index (κ3) is 5.88. The van der Waals surface area contributed by atoms with Gasteiger partial charge in [-0.15, -0.1) is 0 Å². The van der Waals surface area contributed by atoms with Gasteiger partial charge in [-0.25, -0.2) is 4.98 Å². The highest BCUT2D eigenvalue weighted by molar-refractivity contribution is 6.30. The number of carbonyl (C=O) groups is 2. The fourth-order valence-electron chi connectivity index (χ4n) is 3.33. The second-order valence-corrected chi connectivity index (χ2v) is 8.19. The Morgan fingerprint density at radius 1 is 1.26 bits per heavy atom. The molecule has 166 valence electrons. The predicted octanol–water partition coefficient (Wildman–Crippen LogP) is 4.45. The lowest BCUT2D eigenvalue weighted by atomic mass is 10.0. The van der Waals surface area contributed by atoms with Crippen molar-refractivity contribution >= 4 is 23.4 Å². The summed E-state index contributed by atoms with van der Waals surface area (Å²) < 4.78 is 16.7. The number of pyridine rings is 1. The molecule has 1 aromatic heterocycles. The Labute approximate surface area is 186 Å². The standard InChI is InChI=1S/C23H26ClNO6/c1-13(11-18(26)20-21(27)19(29-3)9-10-25-20)23(28)30-14(2)22(15-7-8-15)31-17-6-4-5-16(24)12-17/h4-6,9-10,12-15,22,27H,7-8,11H2,1-3H3/t13-,14+,22+/m1/s1. The van der Waals surface area contributed by atoms with Crippen LogP contribution in [-0.2, 0) is 9.53 Å². The molecule has 1 fully saturated rings. The van der Waals surface area contributed by atoms with Crippen molar-refractivity contribution in [1.82, 2.24) is 4.98 Å². The fraction of sp³-hybridized carbons (Fsp3) is 0.435. The minimum atomic E-state index is -0.714. The monoisotopic (exact) mass is 447 g/mol. The molecular formula is C23H26ClNO6. The molecule has 0 radical (unpaired) electrons. The fourth-order valence-corrected chi connectivity index (χ4v) is 3.51. The van der Waals surface area contributed by atoms with E-state index in [1.807, 2.05) is 6.07 Å². The van der Waals surface area contributed by atoms with Gasteiger partial charge in [-0.3, -0.25) is 9.59 Å². The van der Waals surface area contributed by atoms with Crippen molar-refractivity contribution in [3.8, 4) is 17.2 Å². The van der Waals surface area contributed by atoms with E-state index in [1.54, 1.807) is 32.0 Å². The van der Waals surface area contributed by atoms with Crippen LogP contribution in [0.15, 0.2) is 36.5 Å². The molecule has 1 heterocycles. The molecule has 1 aliphatic carbocycles. The summed E-state index contributed by atoms with van der Waals surface area (Å²) in [5.41, 5.74) is -0.132. The molecule has 0 aliphatic heterocycles. The summed E-state index contributed by atoms with van der Waals surface area (Å²) in [6, 6.07) is 8.54. The van der Waals surface area contributed by atoms with E-state index in [0.717, 1.165) is 12.8 Å². The van der Waals surface area contributed by atoms with Crippen LogP contribution in [0.25, 0.3) is 0 Å². The normalized spacial score (nSPS) is 16.1. The number of benzene rings is 1. The molecule has 7 nitrogen and oxygen atoms in total. The highest BCUT2D eigenvalue weighted by atomic mass is 35.5. The lowest BCUT2D eigenvalue weighted by Crippen LogP contribution is -2.36. The van der Waals surface area contributed by atoms with E-state index in [0.29, 0.717) is 16.7 Å². The van der Waals surface area contributed by atoms with E-state index in [1.165, 1.54) is 19.4 Å².